The van der Waals surface area contributed by atoms with Crippen LogP contribution in [0.1, 0.15) is 50.3 Å². The third-order valence-electron chi connectivity index (χ3n) is 7.60. The SMILES string of the molecule is C/C=C/C=C(\C=C/CC)NC.C=C.C=Cc1c[c-]cc(C)c1.CC/C=C(\C=C/CSc1ccccc1)NC.CNCc1ccccc1.CNNc1ccccc1.Sc1ccccc1.[CH3-].[Y]. The second kappa shape index (κ2) is 52.0. The number of hydrazine groups is 1. The molecule has 0 aliphatic heterocycles. The maximum atomic E-state index is 4.08. The second-order valence-corrected chi connectivity index (χ2v) is 14.3. The summed E-state index contributed by atoms with van der Waals surface area (Å²) in [6, 6.07) is 49.5. The minimum atomic E-state index is 0. The molecule has 1 radical (unpaired) electrons. The Morgan fingerprint density at radius 2 is 1.26 bits per heavy atom. The molecule has 0 saturated carbocycles. The van der Waals surface area contributed by atoms with Crippen LogP contribution in [0.2, 0.25) is 0 Å². The molecule has 0 atom stereocenters. The Morgan fingerprint density at radius 1 is 0.723 bits per heavy atom. The molecule has 0 amide bonds. The molecule has 5 aromatic carbocycles. The summed E-state index contributed by atoms with van der Waals surface area (Å²) in [6.45, 7) is 18.9. The summed E-state index contributed by atoms with van der Waals surface area (Å²) in [7, 11) is 7.67. The van der Waals surface area contributed by atoms with E-state index in [4.69, 9.17) is 0 Å². The number of hydrogen-bond donors (Lipinski definition) is 6. The molecular weight excluding hydrogens is 908 g/mol. The van der Waals surface area contributed by atoms with Crippen molar-refractivity contribution in [2.75, 3.05) is 39.4 Å². The van der Waals surface area contributed by atoms with Crippen LogP contribution in [0.3, 0.4) is 0 Å². The van der Waals surface area contributed by atoms with Crippen LogP contribution >= 0.6 is 24.4 Å². The summed E-state index contributed by atoms with van der Waals surface area (Å²) < 4.78 is 0. The minimum Gasteiger partial charge on any atom is -0.388 e. The van der Waals surface area contributed by atoms with Crippen molar-refractivity contribution in [1.82, 2.24) is 21.4 Å². The fourth-order valence-electron chi connectivity index (χ4n) is 4.60. The van der Waals surface area contributed by atoms with E-state index in [0.717, 1.165) is 47.0 Å². The Bertz CT molecular complexity index is 1870. The van der Waals surface area contributed by atoms with Gasteiger partial charge < -0.3 is 28.8 Å². The molecule has 0 unspecified atom stereocenters. The molecule has 5 N–H and O–H groups in total. The van der Waals surface area contributed by atoms with E-state index in [1.165, 1.54) is 21.7 Å². The summed E-state index contributed by atoms with van der Waals surface area (Å²) >= 11 is 5.93. The van der Waals surface area contributed by atoms with Gasteiger partial charge in [0.25, 0.3) is 0 Å². The predicted molar refractivity (Wildman–Crippen MR) is 295 cm³/mol. The van der Waals surface area contributed by atoms with Crippen LogP contribution in [0, 0.1) is 20.4 Å². The molecule has 0 aromatic heterocycles. The quantitative estimate of drug-likeness (QED) is 0.0157. The average molecular weight is 987 g/mol. The first-order valence-electron chi connectivity index (χ1n) is 21.2. The smallest absolute Gasteiger partial charge is 0.0487 e. The number of aryl methyl sites for hydroxylation is 1. The molecule has 0 fully saturated rings. The zero-order valence-electron chi connectivity index (χ0n) is 40.9. The fourth-order valence-corrected chi connectivity index (χ4v) is 5.51. The number of rotatable bonds is 15. The van der Waals surface area contributed by atoms with Crippen LogP contribution in [0.5, 0.6) is 0 Å². The van der Waals surface area contributed by atoms with Crippen LogP contribution in [0.25, 0.3) is 6.08 Å². The van der Waals surface area contributed by atoms with Crippen molar-refractivity contribution in [2.45, 2.75) is 56.9 Å². The number of likely N-dealkylation sites (N-methyl/N-ethyl adjacent to an activating group) is 2. The Hall–Kier alpha value is -4.60. The summed E-state index contributed by atoms with van der Waals surface area (Å²) in [4.78, 5) is 2.33. The molecule has 0 aliphatic carbocycles. The van der Waals surface area contributed by atoms with Crippen molar-refractivity contribution in [3.63, 3.8) is 0 Å². The Kier molecular flexibility index (Phi) is 53.6. The third kappa shape index (κ3) is 43.1. The standard InChI is InChI=1S/C14H19NS.C10H17N.C9H9.C8H11N.C7H10N2.C6H6S.C2H4.CH3.Y/c1-3-8-13(15-2)9-7-12-16-14-10-5-4-6-11-14;1-4-6-8-10(11-3)9-7-5-2;1-3-9-6-4-5-8(2)7-9;1-9-7-8-5-3-2-4-6-8;1-8-9-7-5-3-2-4-6-7;7-6-4-2-1-3-5-6;1-2;;/h4-11,15H,3,12H2,1-2H3;4,6-9,11H,5H2,1-3H3;3,5-7H,1H2,2H3;2-6,9H,7H2,1H3;2-6,8-9H,1H3;1-5,7H;1-2H2;1H3;/q;;-1;;;;;-1;/b9-7-,13-8+;6-4+,9-7-,10-8+;;;;;;;. The summed E-state index contributed by atoms with van der Waals surface area (Å²) in [5.41, 5.74) is 12.9. The van der Waals surface area contributed by atoms with Crippen LogP contribution < -0.4 is 26.8 Å². The average Bonchev–Trinajstić information content (AvgIpc) is 3.33. The Balaban J connectivity index is -0.000000345. The maximum Gasteiger partial charge on any atom is 0.0487 e. The molecular formula is C57H79N5S2Y-2. The van der Waals surface area contributed by atoms with Crippen molar-refractivity contribution < 1.29 is 32.7 Å². The molecule has 8 heteroatoms. The first-order valence-corrected chi connectivity index (χ1v) is 22.6. The molecule has 0 aliphatic rings. The maximum absolute atomic E-state index is 4.08. The van der Waals surface area contributed by atoms with Gasteiger partial charge in [-0.05, 0) is 87.0 Å². The van der Waals surface area contributed by atoms with E-state index in [-0.39, 0.29) is 40.1 Å². The number of hydrogen-bond acceptors (Lipinski definition) is 7. The van der Waals surface area contributed by atoms with E-state index < -0.39 is 0 Å². The van der Waals surface area contributed by atoms with Gasteiger partial charge in [0.15, 0.2) is 0 Å². The fraction of sp³-hybridized carbons (Fsp3) is 0.211. The zero-order chi connectivity index (χ0) is 47.0. The normalized spacial score (nSPS) is 9.98. The first kappa shape index (κ1) is 67.0. The van der Waals surface area contributed by atoms with Crippen molar-refractivity contribution in [2.24, 2.45) is 0 Å². The van der Waals surface area contributed by atoms with Crippen LogP contribution in [-0.2, 0) is 39.3 Å². The summed E-state index contributed by atoms with van der Waals surface area (Å²) in [5.74, 6) is 1.01. The van der Waals surface area contributed by atoms with E-state index >= 15 is 0 Å². The van der Waals surface area contributed by atoms with Gasteiger partial charge in [0, 0.05) is 93.0 Å². The van der Waals surface area contributed by atoms with Gasteiger partial charge in [-0.2, -0.15) is 29.8 Å². The third-order valence-corrected chi connectivity index (χ3v) is 8.87. The molecule has 0 heterocycles. The summed E-state index contributed by atoms with van der Waals surface area (Å²) in [5, 5.41) is 9.35. The topological polar surface area (TPSA) is 60.1 Å². The second-order valence-electron chi connectivity index (χ2n) is 12.7. The molecule has 0 spiro atoms. The van der Waals surface area contributed by atoms with Gasteiger partial charge in [-0.15, -0.1) is 55.8 Å². The van der Waals surface area contributed by atoms with Crippen molar-refractivity contribution in [3.8, 4) is 0 Å². The van der Waals surface area contributed by atoms with Gasteiger partial charge in [-0.3, -0.25) is 0 Å². The van der Waals surface area contributed by atoms with Crippen molar-refractivity contribution in [1.29, 1.82) is 0 Å². The van der Waals surface area contributed by atoms with Crippen LogP contribution in [0.15, 0.2) is 229 Å². The molecule has 65 heavy (non-hydrogen) atoms. The van der Waals surface area contributed by atoms with Gasteiger partial charge in [0.1, 0.15) is 0 Å². The number of thioether (sulfide) groups is 1. The van der Waals surface area contributed by atoms with Gasteiger partial charge in [-0.25, -0.2) is 5.43 Å². The monoisotopic (exact) mass is 986 g/mol. The molecule has 5 rings (SSSR count). The molecule has 0 saturated heterocycles. The Morgan fingerprint density at radius 3 is 1.69 bits per heavy atom. The number of nitrogens with one attached hydrogen (secondary N) is 5. The number of benzene rings is 5. The van der Waals surface area contributed by atoms with Gasteiger partial charge in [0.2, 0.25) is 0 Å². The van der Waals surface area contributed by atoms with Crippen LogP contribution in [0.4, 0.5) is 5.69 Å². The van der Waals surface area contributed by atoms with E-state index in [0.29, 0.717) is 0 Å². The van der Waals surface area contributed by atoms with Crippen molar-refractivity contribution >= 4 is 36.2 Å². The zero-order valence-corrected chi connectivity index (χ0v) is 45.4. The first-order chi connectivity index (χ1) is 30.8. The Labute approximate surface area is 432 Å². The van der Waals surface area contributed by atoms with E-state index in [9.17, 15) is 0 Å². The van der Waals surface area contributed by atoms with Gasteiger partial charge in [-0.1, -0.05) is 136 Å². The molecule has 0 bridgehead atoms. The van der Waals surface area contributed by atoms with Crippen molar-refractivity contribution in [3.05, 3.63) is 249 Å². The number of allylic oxidation sites excluding steroid dienone is 7. The van der Waals surface area contributed by atoms with E-state index in [1.54, 1.807) is 0 Å². The number of anilines is 1. The van der Waals surface area contributed by atoms with Crippen LogP contribution in [-0.4, -0.2) is 33.9 Å². The molecule has 5 aromatic rings. The molecule has 5 nitrogen and oxygen atoms in total. The molecule has 349 valence electrons. The van der Waals surface area contributed by atoms with E-state index in [2.05, 4.69) is 152 Å². The van der Waals surface area contributed by atoms with E-state index in [1.807, 2.05) is 175 Å². The predicted octanol–water partition coefficient (Wildman–Crippen LogP) is 14.8. The largest absolute Gasteiger partial charge is 0.388 e. The minimum absolute atomic E-state index is 0. The van der Waals surface area contributed by atoms with Gasteiger partial charge >= 0.3 is 0 Å². The number of para-hydroxylation sites is 1. The van der Waals surface area contributed by atoms with Gasteiger partial charge in [0.05, 0.1) is 0 Å². The summed E-state index contributed by atoms with van der Waals surface area (Å²) in [6.07, 6.45) is 20.8. The number of thiol groups is 1.